The summed E-state index contributed by atoms with van der Waals surface area (Å²) in [7, 11) is 0. The van der Waals surface area contributed by atoms with Crippen molar-refractivity contribution in [3.63, 3.8) is 0 Å². The average molecular weight is 254 g/mol. The van der Waals surface area contributed by atoms with E-state index in [1.807, 2.05) is 6.92 Å². The second-order valence-electron chi connectivity index (χ2n) is 5.22. The van der Waals surface area contributed by atoms with E-state index in [0.717, 1.165) is 57.8 Å². The highest BCUT2D eigenvalue weighted by molar-refractivity contribution is 5.78. The zero-order valence-corrected chi connectivity index (χ0v) is 11.6. The predicted octanol–water partition coefficient (Wildman–Crippen LogP) is 3.65. The largest absolute Gasteiger partial charge is 0.465 e. The van der Waals surface area contributed by atoms with Crippen molar-refractivity contribution in [1.82, 2.24) is 0 Å². The Hall–Kier alpha value is -0.860. The summed E-state index contributed by atoms with van der Waals surface area (Å²) < 4.78 is 5.28. The van der Waals surface area contributed by atoms with E-state index in [9.17, 15) is 9.59 Å². The molecule has 3 nitrogen and oxygen atoms in total. The molecule has 1 heterocycles. The normalized spacial score (nSPS) is 25.3. The third-order valence-corrected chi connectivity index (χ3v) is 3.68. The number of rotatable bonds is 1. The molecular weight excluding hydrogens is 228 g/mol. The van der Waals surface area contributed by atoms with E-state index >= 15 is 0 Å². The van der Waals surface area contributed by atoms with E-state index in [-0.39, 0.29) is 11.9 Å². The van der Waals surface area contributed by atoms with Gasteiger partial charge in [-0.2, -0.15) is 0 Å². The summed E-state index contributed by atoms with van der Waals surface area (Å²) >= 11 is 0. The fraction of sp³-hybridized carbons (Fsp3) is 0.867. The van der Waals surface area contributed by atoms with E-state index in [1.165, 1.54) is 0 Å². The van der Waals surface area contributed by atoms with Gasteiger partial charge in [0.15, 0.2) is 0 Å². The smallest absolute Gasteiger partial charge is 0.308 e. The summed E-state index contributed by atoms with van der Waals surface area (Å²) in [5.74, 6) is 0.403. The third-order valence-electron chi connectivity index (χ3n) is 3.68. The summed E-state index contributed by atoms with van der Waals surface area (Å²) in [4.78, 5) is 23.3. The van der Waals surface area contributed by atoms with Gasteiger partial charge < -0.3 is 4.74 Å². The zero-order chi connectivity index (χ0) is 13.2. The van der Waals surface area contributed by atoms with E-state index in [2.05, 4.69) is 0 Å². The maximum absolute atomic E-state index is 11.8. The molecule has 0 radical (unpaired) electrons. The van der Waals surface area contributed by atoms with Crippen molar-refractivity contribution in [3.05, 3.63) is 0 Å². The predicted molar refractivity (Wildman–Crippen MR) is 71.3 cm³/mol. The number of hydrogen-bond acceptors (Lipinski definition) is 3. The van der Waals surface area contributed by atoms with Gasteiger partial charge in [0, 0.05) is 12.8 Å². The van der Waals surface area contributed by atoms with Gasteiger partial charge in [-0.1, -0.05) is 26.2 Å². The molecule has 1 aliphatic heterocycles. The van der Waals surface area contributed by atoms with Crippen LogP contribution in [0.4, 0.5) is 0 Å². The van der Waals surface area contributed by atoms with E-state index in [4.69, 9.17) is 4.74 Å². The van der Waals surface area contributed by atoms with Gasteiger partial charge in [-0.25, -0.2) is 0 Å². The standard InChI is InChI=1S/C15H26O3/c1-2-13-9-5-3-4-6-10-14(16)11-7-8-12-18-15(13)17/h13H,2-12H2,1H3. The first-order chi connectivity index (χ1) is 8.74. The quantitative estimate of drug-likeness (QED) is 0.671. The molecule has 104 valence electrons. The van der Waals surface area contributed by atoms with Crippen LogP contribution in [0, 0.1) is 5.92 Å². The fourth-order valence-electron chi connectivity index (χ4n) is 2.39. The molecule has 0 saturated carbocycles. The number of cyclic esters (lactones) is 1. The Kier molecular flexibility index (Phi) is 7.70. The number of Topliss-reactive ketones (excluding diaryl/α,β-unsaturated/α-hetero) is 1. The highest BCUT2D eigenvalue weighted by atomic mass is 16.5. The molecular formula is C15H26O3. The number of ketones is 1. The van der Waals surface area contributed by atoms with Gasteiger partial charge in [-0.15, -0.1) is 0 Å². The van der Waals surface area contributed by atoms with Crippen molar-refractivity contribution in [2.75, 3.05) is 6.61 Å². The zero-order valence-electron chi connectivity index (χ0n) is 11.6. The van der Waals surface area contributed by atoms with Crippen LogP contribution in [0.1, 0.15) is 71.1 Å². The van der Waals surface area contributed by atoms with Gasteiger partial charge in [0.05, 0.1) is 12.5 Å². The highest BCUT2D eigenvalue weighted by Gasteiger charge is 2.17. The van der Waals surface area contributed by atoms with Gasteiger partial charge in [0.25, 0.3) is 0 Å². The molecule has 1 fully saturated rings. The Labute approximate surface area is 110 Å². The molecule has 0 aromatic heterocycles. The van der Waals surface area contributed by atoms with Crippen molar-refractivity contribution in [2.45, 2.75) is 71.1 Å². The first-order valence-electron chi connectivity index (χ1n) is 7.42. The van der Waals surface area contributed by atoms with E-state index in [0.29, 0.717) is 18.8 Å². The minimum absolute atomic E-state index is 0.0408. The Morgan fingerprint density at radius 3 is 2.39 bits per heavy atom. The monoisotopic (exact) mass is 254 g/mol. The summed E-state index contributed by atoms with van der Waals surface area (Å²) in [6.45, 7) is 2.52. The Morgan fingerprint density at radius 1 is 1.00 bits per heavy atom. The number of carbonyl (C=O) groups excluding carboxylic acids is 2. The van der Waals surface area contributed by atoms with Gasteiger partial charge in [-0.3, -0.25) is 9.59 Å². The van der Waals surface area contributed by atoms with Crippen molar-refractivity contribution < 1.29 is 14.3 Å². The summed E-state index contributed by atoms with van der Waals surface area (Å²) in [6.07, 6.45) is 9.17. The summed E-state index contributed by atoms with van der Waals surface area (Å²) in [5, 5.41) is 0. The average Bonchev–Trinajstić information content (AvgIpc) is 2.36. The summed E-state index contributed by atoms with van der Waals surface area (Å²) in [6, 6.07) is 0. The summed E-state index contributed by atoms with van der Waals surface area (Å²) in [5.41, 5.74) is 0. The Balaban J connectivity index is 2.38. The lowest BCUT2D eigenvalue weighted by molar-refractivity contribution is -0.149. The minimum atomic E-state index is -0.0408. The van der Waals surface area contributed by atoms with Crippen LogP contribution in [0.3, 0.4) is 0 Å². The lowest BCUT2D eigenvalue weighted by Gasteiger charge is -2.14. The molecule has 0 N–H and O–H groups in total. The van der Waals surface area contributed by atoms with Crippen molar-refractivity contribution in [2.24, 2.45) is 5.92 Å². The van der Waals surface area contributed by atoms with Crippen molar-refractivity contribution in [3.8, 4) is 0 Å². The molecule has 18 heavy (non-hydrogen) atoms. The Morgan fingerprint density at radius 2 is 1.67 bits per heavy atom. The minimum Gasteiger partial charge on any atom is -0.465 e. The first kappa shape index (κ1) is 15.2. The molecule has 0 aromatic carbocycles. The molecule has 3 heteroatoms. The van der Waals surface area contributed by atoms with Crippen LogP contribution in [-0.2, 0) is 14.3 Å². The highest BCUT2D eigenvalue weighted by Crippen LogP contribution is 2.17. The number of ether oxygens (including phenoxy) is 1. The van der Waals surface area contributed by atoms with Crippen molar-refractivity contribution in [1.29, 1.82) is 0 Å². The lowest BCUT2D eigenvalue weighted by atomic mass is 9.97. The van der Waals surface area contributed by atoms with Gasteiger partial charge >= 0.3 is 5.97 Å². The maximum Gasteiger partial charge on any atom is 0.308 e. The number of esters is 1. The van der Waals surface area contributed by atoms with Crippen LogP contribution in [-0.4, -0.2) is 18.4 Å². The molecule has 0 amide bonds. The van der Waals surface area contributed by atoms with Crippen LogP contribution in [0.25, 0.3) is 0 Å². The SMILES string of the molecule is CCC1CCCCCCC(=O)CCCCOC1=O. The number of carbonyl (C=O) groups is 2. The maximum atomic E-state index is 11.8. The van der Waals surface area contributed by atoms with Crippen LogP contribution in [0.2, 0.25) is 0 Å². The second-order valence-corrected chi connectivity index (χ2v) is 5.22. The van der Waals surface area contributed by atoms with E-state index < -0.39 is 0 Å². The van der Waals surface area contributed by atoms with Crippen LogP contribution in [0.15, 0.2) is 0 Å². The fourth-order valence-corrected chi connectivity index (χ4v) is 2.39. The lowest BCUT2D eigenvalue weighted by Crippen LogP contribution is -2.18. The molecule has 1 saturated heterocycles. The van der Waals surface area contributed by atoms with Gasteiger partial charge in [0.1, 0.15) is 5.78 Å². The molecule has 0 aromatic rings. The van der Waals surface area contributed by atoms with Gasteiger partial charge in [0.2, 0.25) is 0 Å². The second kappa shape index (κ2) is 9.12. The number of hydrogen-bond donors (Lipinski definition) is 0. The van der Waals surface area contributed by atoms with E-state index in [1.54, 1.807) is 0 Å². The van der Waals surface area contributed by atoms with Crippen LogP contribution in [0.5, 0.6) is 0 Å². The molecule has 1 rings (SSSR count). The van der Waals surface area contributed by atoms with Crippen molar-refractivity contribution >= 4 is 11.8 Å². The Bertz CT molecular complexity index is 260. The molecule has 0 bridgehead atoms. The molecule has 0 spiro atoms. The molecule has 1 unspecified atom stereocenters. The topological polar surface area (TPSA) is 43.4 Å². The van der Waals surface area contributed by atoms with Crippen LogP contribution >= 0.6 is 0 Å². The molecule has 0 aliphatic carbocycles. The third kappa shape index (κ3) is 6.18. The van der Waals surface area contributed by atoms with Gasteiger partial charge in [-0.05, 0) is 32.1 Å². The molecule has 1 atom stereocenters. The molecule has 1 aliphatic rings. The first-order valence-corrected chi connectivity index (χ1v) is 7.42. The van der Waals surface area contributed by atoms with Crippen LogP contribution < -0.4 is 0 Å².